The summed E-state index contributed by atoms with van der Waals surface area (Å²) in [6.07, 6.45) is -0.308. The second-order valence-electron chi connectivity index (χ2n) is 3.80. The van der Waals surface area contributed by atoms with E-state index in [1.54, 1.807) is 25.1 Å². The summed E-state index contributed by atoms with van der Waals surface area (Å²) in [6, 6.07) is 5.29. The Labute approximate surface area is 105 Å². The van der Waals surface area contributed by atoms with Gasteiger partial charge in [-0.3, -0.25) is 4.79 Å². The zero-order valence-electron chi connectivity index (χ0n) is 10.0. The monoisotopic (exact) mass is 252 g/mol. The highest BCUT2D eigenvalue weighted by Crippen LogP contribution is 2.28. The number of hydrogen-bond acceptors (Lipinski definition) is 4. The van der Waals surface area contributed by atoms with Crippen molar-refractivity contribution in [1.29, 1.82) is 0 Å². The minimum atomic E-state index is -1.15. The number of carboxylic acids is 1. The zero-order valence-corrected chi connectivity index (χ0v) is 10.0. The van der Waals surface area contributed by atoms with E-state index in [0.29, 0.717) is 12.2 Å². The van der Waals surface area contributed by atoms with Crippen LogP contribution in [0.4, 0.5) is 5.69 Å². The minimum absolute atomic E-state index is 0.0323. The zero-order chi connectivity index (χ0) is 13.7. The molecule has 0 aliphatic carbocycles. The average Bonchev–Trinajstić information content (AvgIpc) is 2.30. The maximum Gasteiger partial charge on any atom is 0.326 e. The third-order valence-electron chi connectivity index (χ3n) is 2.59. The number of benzene rings is 1. The number of hydrogen-bond donors (Lipinski definition) is 3. The van der Waals surface area contributed by atoms with Crippen LogP contribution in [0.2, 0.25) is 0 Å². The Morgan fingerprint density at radius 1 is 1.39 bits per heavy atom. The normalized spacial score (nSPS) is 11.8. The Kier molecular flexibility index (Phi) is 4.53. The van der Waals surface area contributed by atoms with E-state index in [1.807, 2.05) is 0 Å². The molecule has 18 heavy (non-hydrogen) atoms. The molecule has 0 bridgehead atoms. The van der Waals surface area contributed by atoms with Crippen molar-refractivity contribution in [3.8, 4) is 5.75 Å². The van der Waals surface area contributed by atoms with Gasteiger partial charge in [0, 0.05) is 6.54 Å². The second-order valence-corrected chi connectivity index (χ2v) is 3.80. The quantitative estimate of drug-likeness (QED) is 0.685. The van der Waals surface area contributed by atoms with Gasteiger partial charge < -0.3 is 20.8 Å². The highest BCUT2D eigenvalue weighted by molar-refractivity contribution is 5.86. The molecule has 0 saturated carbocycles. The van der Waals surface area contributed by atoms with Crippen LogP contribution in [0.3, 0.4) is 0 Å². The number of anilines is 1. The van der Waals surface area contributed by atoms with E-state index in [2.05, 4.69) is 0 Å². The molecular weight excluding hydrogens is 236 g/mol. The predicted octanol–water partition coefficient (Wildman–Crippen LogP) is 0.547. The van der Waals surface area contributed by atoms with Gasteiger partial charge in [-0.05, 0) is 19.1 Å². The number of aliphatic carboxylic acids is 1. The molecule has 0 fully saturated rings. The molecule has 0 aromatic heterocycles. The van der Waals surface area contributed by atoms with E-state index in [4.69, 9.17) is 10.8 Å². The van der Waals surface area contributed by atoms with Crippen LogP contribution in [0, 0.1) is 0 Å². The minimum Gasteiger partial charge on any atom is -0.506 e. The van der Waals surface area contributed by atoms with Gasteiger partial charge in [-0.1, -0.05) is 12.1 Å². The summed E-state index contributed by atoms with van der Waals surface area (Å²) < 4.78 is 0. The molecule has 0 aliphatic heterocycles. The number of amides is 1. The average molecular weight is 252 g/mol. The van der Waals surface area contributed by atoms with Crippen LogP contribution in [0.25, 0.3) is 0 Å². The molecule has 1 amide bonds. The fourth-order valence-electron chi connectivity index (χ4n) is 1.79. The molecule has 1 rings (SSSR count). The van der Waals surface area contributed by atoms with E-state index in [0.717, 1.165) is 0 Å². The smallest absolute Gasteiger partial charge is 0.326 e. The maximum atomic E-state index is 11.2. The lowest BCUT2D eigenvalue weighted by atomic mass is 10.1. The van der Waals surface area contributed by atoms with Gasteiger partial charge >= 0.3 is 5.97 Å². The van der Waals surface area contributed by atoms with E-state index in [9.17, 15) is 14.7 Å². The summed E-state index contributed by atoms with van der Waals surface area (Å²) in [6.45, 7) is 2.07. The first-order valence-corrected chi connectivity index (χ1v) is 5.53. The van der Waals surface area contributed by atoms with Crippen molar-refractivity contribution in [3.63, 3.8) is 0 Å². The van der Waals surface area contributed by atoms with Crippen molar-refractivity contribution >= 4 is 17.6 Å². The molecule has 0 unspecified atom stereocenters. The Morgan fingerprint density at radius 2 is 2.00 bits per heavy atom. The van der Waals surface area contributed by atoms with Crippen molar-refractivity contribution in [2.45, 2.75) is 19.4 Å². The van der Waals surface area contributed by atoms with Crippen molar-refractivity contribution in [2.24, 2.45) is 5.73 Å². The number of primary amides is 1. The second kappa shape index (κ2) is 5.90. The molecule has 4 N–H and O–H groups in total. The molecule has 98 valence electrons. The summed E-state index contributed by atoms with van der Waals surface area (Å²) in [5.74, 6) is -1.88. The summed E-state index contributed by atoms with van der Waals surface area (Å²) in [7, 11) is 0. The first-order chi connectivity index (χ1) is 8.47. The number of likely N-dealkylation sites (N-methyl/N-ethyl adjacent to an activating group) is 1. The number of nitrogens with two attached hydrogens (primary N) is 1. The molecule has 0 radical (unpaired) electrons. The summed E-state index contributed by atoms with van der Waals surface area (Å²) in [5, 5.41) is 18.9. The Hall–Kier alpha value is -2.24. The number of aromatic hydroxyl groups is 1. The van der Waals surface area contributed by atoms with E-state index in [-0.39, 0.29) is 12.2 Å². The fraction of sp³-hybridized carbons (Fsp3) is 0.333. The van der Waals surface area contributed by atoms with Gasteiger partial charge in [-0.15, -0.1) is 0 Å². The van der Waals surface area contributed by atoms with Crippen LogP contribution < -0.4 is 10.6 Å². The molecule has 6 nitrogen and oxygen atoms in total. The highest BCUT2D eigenvalue weighted by atomic mass is 16.4. The SMILES string of the molecule is CCN(c1ccccc1O)[C@@H](CC(N)=O)C(=O)O. The lowest BCUT2D eigenvalue weighted by Gasteiger charge is -2.29. The number of phenolic OH excluding ortho intramolecular Hbond substituents is 1. The van der Waals surface area contributed by atoms with Gasteiger partial charge in [0.2, 0.25) is 5.91 Å². The van der Waals surface area contributed by atoms with Crippen LogP contribution in [0.1, 0.15) is 13.3 Å². The molecule has 0 spiro atoms. The van der Waals surface area contributed by atoms with Crippen LogP contribution >= 0.6 is 0 Å². The van der Waals surface area contributed by atoms with Gasteiger partial charge in [-0.25, -0.2) is 4.79 Å². The third kappa shape index (κ3) is 3.13. The van der Waals surface area contributed by atoms with Gasteiger partial charge in [-0.2, -0.15) is 0 Å². The lowest BCUT2D eigenvalue weighted by Crippen LogP contribution is -2.43. The Morgan fingerprint density at radius 3 is 2.44 bits per heavy atom. The molecule has 0 aliphatic rings. The van der Waals surface area contributed by atoms with Gasteiger partial charge in [0.1, 0.15) is 11.8 Å². The number of carbonyl (C=O) groups is 2. The van der Waals surface area contributed by atoms with Crippen LogP contribution in [0.5, 0.6) is 5.75 Å². The third-order valence-corrected chi connectivity index (χ3v) is 2.59. The van der Waals surface area contributed by atoms with Crippen molar-refractivity contribution in [1.82, 2.24) is 0 Å². The number of nitrogens with zero attached hydrogens (tertiary/aromatic N) is 1. The standard InChI is InChI=1S/C12H16N2O4/c1-2-14(8-5-3-4-6-10(8)15)9(12(17)18)7-11(13)16/h3-6,9,15H,2,7H2,1H3,(H2,13,16)(H,17,18)/t9-/m0/s1. The predicted molar refractivity (Wildman–Crippen MR) is 66.4 cm³/mol. The lowest BCUT2D eigenvalue weighted by molar-refractivity contribution is -0.140. The summed E-state index contributed by atoms with van der Waals surface area (Å²) in [5.41, 5.74) is 5.42. The van der Waals surface area contributed by atoms with Crippen LogP contribution in [-0.4, -0.2) is 34.7 Å². The van der Waals surface area contributed by atoms with Gasteiger partial charge in [0.15, 0.2) is 0 Å². The van der Waals surface area contributed by atoms with Crippen LogP contribution in [-0.2, 0) is 9.59 Å². The highest BCUT2D eigenvalue weighted by Gasteiger charge is 2.27. The molecule has 1 aromatic rings. The van der Waals surface area contributed by atoms with E-state index >= 15 is 0 Å². The number of carboxylic acid groups (broad SMARTS) is 1. The number of carbonyl (C=O) groups excluding carboxylic acids is 1. The Bertz CT molecular complexity index is 447. The summed E-state index contributed by atoms with van der Waals surface area (Å²) in [4.78, 5) is 23.5. The first-order valence-electron chi connectivity index (χ1n) is 5.53. The van der Waals surface area contributed by atoms with E-state index in [1.165, 1.54) is 11.0 Å². The maximum absolute atomic E-state index is 11.2. The number of rotatable bonds is 6. The molecule has 1 aromatic carbocycles. The first kappa shape index (κ1) is 13.8. The molecule has 0 heterocycles. The molecule has 1 atom stereocenters. The van der Waals surface area contributed by atoms with Crippen molar-refractivity contribution in [3.05, 3.63) is 24.3 Å². The van der Waals surface area contributed by atoms with Gasteiger partial charge in [0.25, 0.3) is 0 Å². The molecule has 0 saturated heterocycles. The van der Waals surface area contributed by atoms with Crippen molar-refractivity contribution < 1.29 is 19.8 Å². The van der Waals surface area contributed by atoms with E-state index < -0.39 is 17.9 Å². The largest absolute Gasteiger partial charge is 0.506 e. The number of para-hydroxylation sites is 2. The van der Waals surface area contributed by atoms with Crippen LogP contribution in [0.15, 0.2) is 24.3 Å². The molecular formula is C12H16N2O4. The topological polar surface area (TPSA) is 104 Å². The number of phenols is 1. The molecule has 6 heteroatoms. The van der Waals surface area contributed by atoms with Gasteiger partial charge in [0.05, 0.1) is 12.1 Å². The van der Waals surface area contributed by atoms with Crippen molar-refractivity contribution in [2.75, 3.05) is 11.4 Å². The Balaban J connectivity index is 3.10. The summed E-state index contributed by atoms with van der Waals surface area (Å²) >= 11 is 0. The fourth-order valence-corrected chi connectivity index (χ4v) is 1.79.